The zero-order chi connectivity index (χ0) is 13.8. The van der Waals surface area contributed by atoms with Crippen molar-refractivity contribution in [3.63, 3.8) is 0 Å². The van der Waals surface area contributed by atoms with Crippen molar-refractivity contribution < 1.29 is 4.74 Å². The molecule has 1 aromatic carbocycles. The summed E-state index contributed by atoms with van der Waals surface area (Å²) in [5.41, 5.74) is 2.97. The highest BCUT2D eigenvalue weighted by Gasteiger charge is 2.21. The van der Waals surface area contributed by atoms with Crippen LogP contribution in [0.15, 0.2) is 24.3 Å². The van der Waals surface area contributed by atoms with Gasteiger partial charge in [0.15, 0.2) is 0 Å². The molecule has 20 heavy (non-hydrogen) atoms. The standard InChI is InChI=1S/C17H26N2O/c1-19(13-17-8-4-5-9-20-17)12-16-10-14-6-2-3-7-15(14)11-18-16/h2-3,6-7,16-18H,4-5,8-13H2,1H3. The van der Waals surface area contributed by atoms with Gasteiger partial charge < -0.3 is 15.0 Å². The average molecular weight is 274 g/mol. The summed E-state index contributed by atoms with van der Waals surface area (Å²) in [6, 6.07) is 9.36. The second kappa shape index (κ2) is 6.70. The van der Waals surface area contributed by atoms with E-state index in [-0.39, 0.29) is 0 Å². The Morgan fingerprint density at radius 1 is 1.20 bits per heavy atom. The first-order valence-corrected chi connectivity index (χ1v) is 7.91. The van der Waals surface area contributed by atoms with Gasteiger partial charge in [-0.2, -0.15) is 0 Å². The Hall–Kier alpha value is -0.900. The van der Waals surface area contributed by atoms with Gasteiger partial charge in [0.05, 0.1) is 6.10 Å². The third-order valence-corrected chi connectivity index (χ3v) is 4.49. The molecule has 0 amide bonds. The Labute approximate surface area is 122 Å². The van der Waals surface area contributed by atoms with Gasteiger partial charge in [0.25, 0.3) is 0 Å². The van der Waals surface area contributed by atoms with Crippen LogP contribution in [0.3, 0.4) is 0 Å². The molecule has 2 heterocycles. The van der Waals surface area contributed by atoms with Crippen LogP contribution in [0.1, 0.15) is 30.4 Å². The SMILES string of the molecule is CN(CC1Cc2ccccc2CN1)CC1CCCCO1. The van der Waals surface area contributed by atoms with E-state index < -0.39 is 0 Å². The normalized spacial score (nSPS) is 26.5. The third kappa shape index (κ3) is 3.60. The number of likely N-dealkylation sites (N-methyl/N-ethyl adjacent to an activating group) is 1. The van der Waals surface area contributed by atoms with E-state index >= 15 is 0 Å². The predicted molar refractivity (Wildman–Crippen MR) is 81.9 cm³/mol. The molecule has 110 valence electrons. The van der Waals surface area contributed by atoms with Gasteiger partial charge in [0.2, 0.25) is 0 Å². The Balaban J connectivity index is 1.48. The van der Waals surface area contributed by atoms with Gasteiger partial charge in [-0.1, -0.05) is 24.3 Å². The summed E-state index contributed by atoms with van der Waals surface area (Å²) in [4.78, 5) is 2.43. The van der Waals surface area contributed by atoms with E-state index in [1.165, 1.54) is 30.4 Å². The molecule has 1 N–H and O–H groups in total. The van der Waals surface area contributed by atoms with E-state index in [1.54, 1.807) is 0 Å². The van der Waals surface area contributed by atoms with E-state index in [9.17, 15) is 0 Å². The fourth-order valence-electron chi connectivity index (χ4n) is 3.40. The fourth-order valence-corrected chi connectivity index (χ4v) is 3.40. The predicted octanol–water partition coefficient (Wildman–Crippen LogP) is 2.20. The van der Waals surface area contributed by atoms with Crippen LogP contribution in [0, 0.1) is 0 Å². The highest BCUT2D eigenvalue weighted by Crippen LogP contribution is 2.17. The minimum Gasteiger partial charge on any atom is -0.377 e. The lowest BCUT2D eigenvalue weighted by molar-refractivity contribution is -0.00269. The molecule has 0 spiro atoms. The molecular formula is C17H26N2O. The van der Waals surface area contributed by atoms with Crippen molar-refractivity contribution in [2.24, 2.45) is 0 Å². The summed E-state index contributed by atoms with van der Waals surface area (Å²) in [5.74, 6) is 0. The number of rotatable bonds is 4. The molecule has 3 rings (SSSR count). The molecule has 0 saturated carbocycles. The van der Waals surface area contributed by atoms with Crippen LogP contribution in [0.5, 0.6) is 0 Å². The molecule has 0 radical (unpaired) electrons. The van der Waals surface area contributed by atoms with E-state index in [0.29, 0.717) is 12.1 Å². The molecule has 0 aliphatic carbocycles. The molecule has 0 aromatic heterocycles. The van der Waals surface area contributed by atoms with E-state index in [0.717, 1.165) is 32.7 Å². The van der Waals surface area contributed by atoms with Gasteiger partial charge in [-0.05, 0) is 43.9 Å². The van der Waals surface area contributed by atoms with Crippen LogP contribution in [-0.2, 0) is 17.7 Å². The molecule has 1 fully saturated rings. The van der Waals surface area contributed by atoms with Crippen LogP contribution in [0.2, 0.25) is 0 Å². The summed E-state index contributed by atoms with van der Waals surface area (Å²) < 4.78 is 5.83. The Morgan fingerprint density at radius 3 is 2.85 bits per heavy atom. The smallest absolute Gasteiger partial charge is 0.0701 e. The summed E-state index contributed by atoms with van der Waals surface area (Å²) in [6.45, 7) is 4.14. The van der Waals surface area contributed by atoms with Crippen molar-refractivity contribution in [2.45, 2.75) is 44.4 Å². The van der Waals surface area contributed by atoms with Crippen molar-refractivity contribution in [3.8, 4) is 0 Å². The van der Waals surface area contributed by atoms with Crippen LogP contribution in [-0.4, -0.2) is 43.8 Å². The maximum atomic E-state index is 5.83. The minimum absolute atomic E-state index is 0.449. The maximum Gasteiger partial charge on any atom is 0.0701 e. The van der Waals surface area contributed by atoms with E-state index in [2.05, 4.69) is 41.5 Å². The van der Waals surface area contributed by atoms with Crippen molar-refractivity contribution in [3.05, 3.63) is 35.4 Å². The molecule has 1 saturated heterocycles. The highest BCUT2D eigenvalue weighted by atomic mass is 16.5. The molecule has 0 bridgehead atoms. The van der Waals surface area contributed by atoms with Crippen molar-refractivity contribution >= 4 is 0 Å². The Bertz CT molecular complexity index is 429. The molecule has 2 aliphatic rings. The first-order chi connectivity index (χ1) is 9.81. The number of hydrogen-bond donors (Lipinski definition) is 1. The maximum absolute atomic E-state index is 5.83. The average Bonchev–Trinajstić information content (AvgIpc) is 2.48. The number of benzene rings is 1. The lowest BCUT2D eigenvalue weighted by Gasteiger charge is -2.32. The van der Waals surface area contributed by atoms with Crippen LogP contribution >= 0.6 is 0 Å². The molecule has 3 heteroatoms. The first-order valence-electron chi connectivity index (χ1n) is 7.91. The lowest BCUT2D eigenvalue weighted by atomic mass is 9.95. The molecule has 1 aromatic rings. The third-order valence-electron chi connectivity index (χ3n) is 4.49. The summed E-state index contributed by atoms with van der Waals surface area (Å²) in [6.07, 6.45) is 5.39. The number of ether oxygens (including phenoxy) is 1. The number of nitrogens with zero attached hydrogens (tertiary/aromatic N) is 1. The fraction of sp³-hybridized carbons (Fsp3) is 0.647. The first kappa shape index (κ1) is 14.1. The molecule has 2 aliphatic heterocycles. The quantitative estimate of drug-likeness (QED) is 0.911. The van der Waals surface area contributed by atoms with E-state index in [1.807, 2.05) is 0 Å². The molecule has 2 unspecified atom stereocenters. The summed E-state index contributed by atoms with van der Waals surface area (Å²) in [7, 11) is 2.22. The second-order valence-electron chi connectivity index (χ2n) is 6.26. The van der Waals surface area contributed by atoms with Gasteiger partial charge in [-0.3, -0.25) is 0 Å². The second-order valence-corrected chi connectivity index (χ2v) is 6.26. The van der Waals surface area contributed by atoms with Gasteiger partial charge >= 0.3 is 0 Å². The van der Waals surface area contributed by atoms with Crippen LogP contribution in [0.4, 0.5) is 0 Å². The minimum atomic E-state index is 0.449. The number of hydrogen-bond acceptors (Lipinski definition) is 3. The highest BCUT2D eigenvalue weighted by molar-refractivity contribution is 5.29. The monoisotopic (exact) mass is 274 g/mol. The zero-order valence-corrected chi connectivity index (χ0v) is 12.5. The van der Waals surface area contributed by atoms with Crippen molar-refractivity contribution in [2.75, 3.05) is 26.7 Å². The number of fused-ring (bicyclic) bond motifs is 1. The molecular weight excluding hydrogens is 248 g/mol. The molecule has 3 nitrogen and oxygen atoms in total. The largest absolute Gasteiger partial charge is 0.377 e. The Morgan fingerprint density at radius 2 is 2.05 bits per heavy atom. The van der Waals surface area contributed by atoms with Gasteiger partial charge in [-0.15, -0.1) is 0 Å². The molecule has 2 atom stereocenters. The van der Waals surface area contributed by atoms with Crippen molar-refractivity contribution in [1.29, 1.82) is 0 Å². The van der Waals surface area contributed by atoms with Crippen LogP contribution in [0.25, 0.3) is 0 Å². The van der Waals surface area contributed by atoms with Gasteiger partial charge in [0, 0.05) is 32.3 Å². The lowest BCUT2D eigenvalue weighted by Crippen LogP contribution is -2.45. The summed E-state index contributed by atoms with van der Waals surface area (Å²) >= 11 is 0. The van der Waals surface area contributed by atoms with Crippen molar-refractivity contribution in [1.82, 2.24) is 10.2 Å². The Kier molecular flexibility index (Phi) is 4.71. The van der Waals surface area contributed by atoms with Gasteiger partial charge in [0.1, 0.15) is 0 Å². The summed E-state index contributed by atoms with van der Waals surface area (Å²) in [5, 5.41) is 3.66. The zero-order valence-electron chi connectivity index (χ0n) is 12.5. The topological polar surface area (TPSA) is 24.5 Å². The van der Waals surface area contributed by atoms with Crippen LogP contribution < -0.4 is 5.32 Å². The van der Waals surface area contributed by atoms with Gasteiger partial charge in [-0.25, -0.2) is 0 Å². The van der Waals surface area contributed by atoms with E-state index in [4.69, 9.17) is 4.74 Å². The number of nitrogens with one attached hydrogen (secondary N) is 1.